The maximum absolute atomic E-state index is 12.4. The van der Waals surface area contributed by atoms with Crippen LogP contribution in [0.15, 0.2) is 59.9 Å². The fourth-order valence-corrected chi connectivity index (χ4v) is 3.31. The minimum absolute atomic E-state index is 0.0103. The molecule has 1 aromatic carbocycles. The van der Waals surface area contributed by atoms with E-state index in [0.717, 1.165) is 6.07 Å². The zero-order valence-electron chi connectivity index (χ0n) is 13.7. The molecule has 0 aliphatic carbocycles. The largest absolute Gasteiger partial charge is 0.273 e. The van der Waals surface area contributed by atoms with Crippen molar-refractivity contribution in [3.05, 3.63) is 76.2 Å². The smallest absolute Gasteiger partial charge is 0.258 e. The molecule has 1 N–H and O–H groups in total. The van der Waals surface area contributed by atoms with Gasteiger partial charge in [-0.2, -0.15) is 5.10 Å². The molecule has 2 heterocycles. The highest BCUT2D eigenvalue weighted by Gasteiger charge is 2.19. The first-order valence-electron chi connectivity index (χ1n) is 7.56. The molecule has 0 saturated carbocycles. The molecule has 134 valence electrons. The molecule has 3 rings (SSSR count). The number of aryl methyl sites for hydroxylation is 1. The summed E-state index contributed by atoms with van der Waals surface area (Å²) in [4.78, 5) is 14.4. The van der Waals surface area contributed by atoms with Crippen LogP contribution in [0, 0.1) is 17.0 Å². The van der Waals surface area contributed by atoms with Crippen molar-refractivity contribution in [2.45, 2.75) is 18.4 Å². The number of nitrogens with zero attached hydrogens (tertiary/aromatic N) is 4. The van der Waals surface area contributed by atoms with E-state index in [1.54, 1.807) is 42.2 Å². The Hall–Kier alpha value is -3.11. The van der Waals surface area contributed by atoms with Crippen molar-refractivity contribution in [2.24, 2.45) is 0 Å². The number of sulfonamides is 1. The molecule has 3 aromatic rings. The lowest BCUT2D eigenvalue weighted by molar-refractivity contribution is -0.385. The van der Waals surface area contributed by atoms with E-state index in [-0.39, 0.29) is 17.1 Å². The molecule has 0 aliphatic heterocycles. The second kappa shape index (κ2) is 7.02. The van der Waals surface area contributed by atoms with Crippen molar-refractivity contribution in [2.75, 3.05) is 0 Å². The minimum atomic E-state index is -3.88. The maximum Gasteiger partial charge on any atom is 0.273 e. The van der Waals surface area contributed by atoms with E-state index < -0.39 is 14.9 Å². The van der Waals surface area contributed by atoms with Crippen LogP contribution >= 0.6 is 0 Å². The normalized spacial score (nSPS) is 11.4. The fourth-order valence-electron chi connectivity index (χ4n) is 2.28. The molecule has 10 heteroatoms. The number of nitro benzene ring substituents is 1. The first-order valence-corrected chi connectivity index (χ1v) is 9.05. The molecule has 0 amide bonds. The highest BCUT2D eigenvalue weighted by Crippen LogP contribution is 2.22. The molecule has 0 aliphatic rings. The van der Waals surface area contributed by atoms with Crippen LogP contribution in [0.2, 0.25) is 0 Å². The Morgan fingerprint density at radius 3 is 2.69 bits per heavy atom. The molecule has 0 atom stereocenters. The number of rotatable bonds is 6. The summed E-state index contributed by atoms with van der Waals surface area (Å²) < 4.78 is 28.8. The summed E-state index contributed by atoms with van der Waals surface area (Å²) in [7, 11) is -3.88. The monoisotopic (exact) mass is 373 g/mol. The van der Waals surface area contributed by atoms with E-state index in [1.807, 2.05) is 0 Å². The molecule has 26 heavy (non-hydrogen) atoms. The van der Waals surface area contributed by atoms with Gasteiger partial charge in [0.25, 0.3) is 5.69 Å². The number of nitrogens with one attached hydrogen (secondary N) is 1. The van der Waals surface area contributed by atoms with Gasteiger partial charge < -0.3 is 0 Å². The Morgan fingerprint density at radius 2 is 2.08 bits per heavy atom. The van der Waals surface area contributed by atoms with E-state index >= 15 is 0 Å². The van der Waals surface area contributed by atoms with Gasteiger partial charge in [0.1, 0.15) is 0 Å². The predicted octanol–water partition coefficient (Wildman–Crippen LogP) is 1.96. The molecule has 9 nitrogen and oxygen atoms in total. The maximum atomic E-state index is 12.4. The second-order valence-electron chi connectivity index (χ2n) is 5.51. The van der Waals surface area contributed by atoms with Gasteiger partial charge in [-0.1, -0.05) is 12.1 Å². The number of aromatic nitrogens is 3. The molecule has 0 unspecified atom stereocenters. The molecule has 0 fully saturated rings. The molecular formula is C16H15N5O4S. The summed E-state index contributed by atoms with van der Waals surface area (Å²) in [6.45, 7) is 1.56. The van der Waals surface area contributed by atoms with E-state index in [2.05, 4.69) is 14.8 Å². The van der Waals surface area contributed by atoms with Crippen LogP contribution in [0.5, 0.6) is 0 Å². The summed E-state index contributed by atoms with van der Waals surface area (Å²) in [6.07, 6.45) is 4.91. The Morgan fingerprint density at radius 1 is 1.27 bits per heavy atom. The SMILES string of the molecule is Cc1ccc(S(=O)(=O)NCc2ccc(-n3cccn3)nc2)cc1[N+](=O)[O-]. The molecule has 0 spiro atoms. The summed E-state index contributed by atoms with van der Waals surface area (Å²) in [6, 6.07) is 9.01. The Labute approximate surface area is 149 Å². The van der Waals surface area contributed by atoms with Crippen LogP contribution in [0.25, 0.3) is 5.82 Å². The number of hydrogen-bond donors (Lipinski definition) is 1. The van der Waals surface area contributed by atoms with E-state index in [1.165, 1.54) is 18.3 Å². The molecule has 0 radical (unpaired) electrons. The highest BCUT2D eigenvalue weighted by molar-refractivity contribution is 7.89. The summed E-state index contributed by atoms with van der Waals surface area (Å²) >= 11 is 0. The van der Waals surface area contributed by atoms with Gasteiger partial charge in [-0.05, 0) is 30.7 Å². The van der Waals surface area contributed by atoms with Crippen LogP contribution in [0.3, 0.4) is 0 Å². The highest BCUT2D eigenvalue weighted by atomic mass is 32.2. The lowest BCUT2D eigenvalue weighted by atomic mass is 10.2. The van der Waals surface area contributed by atoms with Gasteiger partial charge in [0.05, 0.1) is 9.82 Å². The van der Waals surface area contributed by atoms with E-state index in [9.17, 15) is 18.5 Å². The average Bonchev–Trinajstić information content (AvgIpc) is 3.15. The summed E-state index contributed by atoms with van der Waals surface area (Å²) in [5.74, 6) is 0.607. The van der Waals surface area contributed by atoms with Crippen LogP contribution in [0.1, 0.15) is 11.1 Å². The lowest BCUT2D eigenvalue weighted by Gasteiger charge is -2.08. The molecular weight excluding hydrogens is 358 g/mol. The Bertz CT molecular complexity index is 1030. The molecule has 0 bridgehead atoms. The predicted molar refractivity (Wildman–Crippen MR) is 93.2 cm³/mol. The molecule has 0 saturated heterocycles. The van der Waals surface area contributed by atoms with Crippen LogP contribution in [-0.4, -0.2) is 28.1 Å². The Balaban J connectivity index is 1.74. The van der Waals surface area contributed by atoms with Crippen molar-refractivity contribution < 1.29 is 13.3 Å². The van der Waals surface area contributed by atoms with E-state index in [0.29, 0.717) is 16.9 Å². The third kappa shape index (κ3) is 3.76. The minimum Gasteiger partial charge on any atom is -0.258 e. The van der Waals surface area contributed by atoms with Crippen LogP contribution < -0.4 is 4.72 Å². The summed E-state index contributed by atoms with van der Waals surface area (Å²) in [5, 5.41) is 15.0. The van der Waals surface area contributed by atoms with Gasteiger partial charge in [-0.15, -0.1) is 0 Å². The van der Waals surface area contributed by atoms with Crippen molar-refractivity contribution in [1.82, 2.24) is 19.5 Å². The second-order valence-corrected chi connectivity index (χ2v) is 7.27. The Kier molecular flexibility index (Phi) is 4.78. The third-order valence-corrected chi connectivity index (χ3v) is 5.10. The summed E-state index contributed by atoms with van der Waals surface area (Å²) in [5.41, 5.74) is 0.802. The lowest BCUT2D eigenvalue weighted by Crippen LogP contribution is -2.23. The molecule has 2 aromatic heterocycles. The van der Waals surface area contributed by atoms with Crippen LogP contribution in [0.4, 0.5) is 5.69 Å². The number of pyridine rings is 1. The van der Waals surface area contributed by atoms with Crippen molar-refractivity contribution in [3.63, 3.8) is 0 Å². The number of benzene rings is 1. The van der Waals surface area contributed by atoms with Gasteiger partial charge in [0.2, 0.25) is 10.0 Å². The first-order chi connectivity index (χ1) is 12.4. The van der Waals surface area contributed by atoms with Gasteiger partial charge in [0.15, 0.2) is 5.82 Å². The van der Waals surface area contributed by atoms with Crippen molar-refractivity contribution in [1.29, 1.82) is 0 Å². The quantitative estimate of drug-likeness (QED) is 0.521. The average molecular weight is 373 g/mol. The fraction of sp³-hybridized carbons (Fsp3) is 0.125. The van der Waals surface area contributed by atoms with Crippen LogP contribution in [-0.2, 0) is 16.6 Å². The van der Waals surface area contributed by atoms with Gasteiger partial charge >= 0.3 is 0 Å². The zero-order valence-corrected chi connectivity index (χ0v) is 14.5. The van der Waals surface area contributed by atoms with Gasteiger partial charge in [-0.25, -0.2) is 22.8 Å². The van der Waals surface area contributed by atoms with Gasteiger partial charge in [-0.3, -0.25) is 10.1 Å². The van der Waals surface area contributed by atoms with Crippen molar-refractivity contribution >= 4 is 15.7 Å². The zero-order chi connectivity index (χ0) is 18.7. The number of nitro groups is 1. The topological polar surface area (TPSA) is 120 Å². The third-order valence-electron chi connectivity index (χ3n) is 3.70. The standard InChI is InChI=1S/C16H15N5O4S/c1-12-3-5-14(9-15(12)21(22)23)26(24,25)19-11-13-4-6-16(17-10-13)20-8-2-7-18-20/h2-10,19H,11H2,1H3. The van der Waals surface area contributed by atoms with Gasteiger partial charge in [0, 0.05) is 36.8 Å². The van der Waals surface area contributed by atoms with Crippen molar-refractivity contribution in [3.8, 4) is 5.82 Å². The van der Waals surface area contributed by atoms with E-state index in [4.69, 9.17) is 0 Å². The first kappa shape index (κ1) is 17.7. The number of hydrogen-bond acceptors (Lipinski definition) is 6.